The predicted molar refractivity (Wildman–Crippen MR) is 104 cm³/mol. The molecule has 2 aliphatic rings. The number of fused-ring (bicyclic) bond motifs is 1. The highest BCUT2D eigenvalue weighted by atomic mass is 79.9. The zero-order valence-electron chi connectivity index (χ0n) is 14.1. The number of pyridine rings is 1. The molecular weight excluding hydrogens is 493 g/mol. The Labute approximate surface area is 170 Å². The van der Waals surface area contributed by atoms with Crippen LogP contribution >= 0.6 is 31.9 Å². The van der Waals surface area contributed by atoms with Crippen molar-refractivity contribution in [3.63, 3.8) is 0 Å². The van der Waals surface area contributed by atoms with Crippen LogP contribution in [-0.4, -0.2) is 28.2 Å². The fourth-order valence-corrected chi connectivity index (χ4v) is 4.33. The summed E-state index contributed by atoms with van der Waals surface area (Å²) in [6.45, 7) is -1.28. The summed E-state index contributed by atoms with van der Waals surface area (Å²) in [5.74, 6) is -4.15. The number of benzene rings is 1. The van der Waals surface area contributed by atoms with Crippen LogP contribution in [0.15, 0.2) is 25.9 Å². The summed E-state index contributed by atoms with van der Waals surface area (Å²) in [5, 5.41) is 12.4. The summed E-state index contributed by atoms with van der Waals surface area (Å²) < 4.78 is 44.6. The molecule has 0 bridgehead atoms. The summed E-state index contributed by atoms with van der Waals surface area (Å²) in [6, 6.07) is 1.44. The van der Waals surface area contributed by atoms with Crippen molar-refractivity contribution >= 4 is 48.5 Å². The van der Waals surface area contributed by atoms with Gasteiger partial charge in [-0.3, -0.25) is 4.79 Å². The maximum atomic E-state index is 14.3. The number of rotatable bonds is 6. The van der Waals surface area contributed by atoms with E-state index in [1.54, 1.807) is 0 Å². The van der Waals surface area contributed by atoms with E-state index in [0.717, 1.165) is 12.8 Å². The van der Waals surface area contributed by atoms with Crippen molar-refractivity contribution < 1.29 is 18.3 Å². The highest BCUT2D eigenvalue weighted by Crippen LogP contribution is 2.44. The van der Waals surface area contributed by atoms with Crippen molar-refractivity contribution in [3.8, 4) is 0 Å². The molecule has 2 fully saturated rings. The first kappa shape index (κ1) is 19.3. The Morgan fingerprint density at radius 1 is 1.26 bits per heavy atom. The first-order chi connectivity index (χ1) is 12.7. The second kappa shape index (κ2) is 6.77. The van der Waals surface area contributed by atoms with Gasteiger partial charge in [0.05, 0.1) is 21.7 Å². The van der Waals surface area contributed by atoms with Crippen LogP contribution < -0.4 is 10.9 Å². The lowest BCUT2D eigenvalue weighted by Gasteiger charge is -2.28. The fourth-order valence-electron chi connectivity index (χ4n) is 3.46. The molecular formula is C18H17Br2F3N2O2. The Morgan fingerprint density at radius 3 is 2.48 bits per heavy atom. The normalized spacial score (nSPS) is 18.7. The lowest BCUT2D eigenvalue weighted by atomic mass is 10.0. The molecule has 0 aliphatic heterocycles. The van der Waals surface area contributed by atoms with E-state index in [2.05, 4.69) is 37.2 Å². The minimum atomic E-state index is -3.34. The Kier molecular flexibility index (Phi) is 4.83. The molecule has 1 unspecified atom stereocenters. The molecule has 1 heterocycles. The third kappa shape index (κ3) is 3.42. The molecule has 146 valence electrons. The van der Waals surface area contributed by atoms with E-state index in [9.17, 15) is 18.0 Å². The fraction of sp³-hybridized carbons (Fsp3) is 0.500. The molecule has 0 saturated heterocycles. The van der Waals surface area contributed by atoms with Crippen molar-refractivity contribution in [3.05, 3.63) is 37.2 Å². The molecule has 2 aromatic rings. The summed E-state index contributed by atoms with van der Waals surface area (Å²) in [4.78, 5) is 12.9. The highest BCUT2D eigenvalue weighted by molar-refractivity contribution is 9.11. The van der Waals surface area contributed by atoms with Gasteiger partial charge in [-0.15, -0.1) is 0 Å². The molecule has 2 N–H and O–H groups in total. The van der Waals surface area contributed by atoms with E-state index in [4.69, 9.17) is 5.11 Å². The van der Waals surface area contributed by atoms with E-state index < -0.39 is 24.4 Å². The lowest BCUT2D eigenvalue weighted by Crippen LogP contribution is -2.44. The molecule has 9 heteroatoms. The standard InChI is InChI=1S/C18H17Br2F3N2O2/c19-11-5-10-13(6-12(11)21)25(9-3-4-9)17(27)14(20)15(10)24-16(8-1-2-8)18(22,23)7-26/h5-6,8-9,16,24,26H,1-4,7H2. The van der Waals surface area contributed by atoms with Crippen molar-refractivity contribution in [1.29, 1.82) is 0 Å². The van der Waals surface area contributed by atoms with Crippen LogP contribution in [0.3, 0.4) is 0 Å². The summed E-state index contributed by atoms with van der Waals surface area (Å²) in [5.41, 5.74) is 0.199. The lowest BCUT2D eigenvalue weighted by molar-refractivity contribution is -0.0694. The largest absolute Gasteiger partial charge is 0.390 e. The van der Waals surface area contributed by atoms with Gasteiger partial charge in [-0.2, -0.15) is 0 Å². The van der Waals surface area contributed by atoms with Gasteiger partial charge in [-0.25, -0.2) is 13.2 Å². The van der Waals surface area contributed by atoms with Gasteiger partial charge < -0.3 is 15.0 Å². The summed E-state index contributed by atoms with van der Waals surface area (Å²) in [7, 11) is 0. The van der Waals surface area contributed by atoms with Crippen LogP contribution in [0.4, 0.5) is 18.9 Å². The third-order valence-corrected chi connectivity index (χ3v) is 6.51. The molecule has 2 aliphatic carbocycles. The maximum Gasteiger partial charge on any atom is 0.290 e. The van der Waals surface area contributed by atoms with Crippen LogP contribution in [0.2, 0.25) is 0 Å². The van der Waals surface area contributed by atoms with E-state index in [0.29, 0.717) is 23.7 Å². The first-order valence-corrected chi connectivity index (χ1v) is 10.3. The number of alkyl halides is 2. The second-order valence-corrected chi connectivity index (χ2v) is 8.90. The summed E-state index contributed by atoms with van der Waals surface area (Å²) >= 11 is 6.40. The van der Waals surface area contributed by atoms with Crippen molar-refractivity contribution in [2.24, 2.45) is 5.92 Å². The molecule has 4 rings (SSSR count). The van der Waals surface area contributed by atoms with Crippen LogP contribution in [0, 0.1) is 11.7 Å². The molecule has 2 saturated carbocycles. The van der Waals surface area contributed by atoms with Gasteiger partial charge in [-0.05, 0) is 75.6 Å². The quantitative estimate of drug-likeness (QED) is 0.587. The molecule has 4 nitrogen and oxygen atoms in total. The Hall–Kier alpha value is -1.06. The topological polar surface area (TPSA) is 54.3 Å². The van der Waals surface area contributed by atoms with Crippen LogP contribution in [0.25, 0.3) is 10.9 Å². The third-order valence-electron chi connectivity index (χ3n) is 5.16. The van der Waals surface area contributed by atoms with E-state index in [1.165, 1.54) is 16.7 Å². The monoisotopic (exact) mass is 508 g/mol. The van der Waals surface area contributed by atoms with Crippen LogP contribution in [0.5, 0.6) is 0 Å². The molecule has 1 aromatic heterocycles. The maximum absolute atomic E-state index is 14.3. The van der Waals surface area contributed by atoms with Gasteiger partial charge in [0.25, 0.3) is 11.5 Å². The van der Waals surface area contributed by atoms with Crippen molar-refractivity contribution in [1.82, 2.24) is 4.57 Å². The van der Waals surface area contributed by atoms with Gasteiger partial charge >= 0.3 is 0 Å². The number of hydrogen-bond donors (Lipinski definition) is 2. The average Bonchev–Trinajstić information content (AvgIpc) is 3.51. The zero-order chi connectivity index (χ0) is 19.5. The molecule has 0 radical (unpaired) electrons. The SMILES string of the molecule is O=c1c(Br)c(NC(C2CC2)C(F)(F)CO)c2cc(Br)c(F)cc2n1C1CC1. The predicted octanol–water partition coefficient (Wildman–Crippen LogP) is 4.82. The minimum Gasteiger partial charge on any atom is -0.390 e. The molecule has 1 atom stereocenters. The van der Waals surface area contributed by atoms with E-state index in [1.807, 2.05) is 0 Å². The number of halogens is 5. The average molecular weight is 510 g/mol. The smallest absolute Gasteiger partial charge is 0.290 e. The highest BCUT2D eigenvalue weighted by Gasteiger charge is 2.48. The number of hydrogen-bond acceptors (Lipinski definition) is 3. The molecule has 0 spiro atoms. The van der Waals surface area contributed by atoms with Gasteiger partial charge in [-0.1, -0.05) is 0 Å². The van der Waals surface area contributed by atoms with E-state index >= 15 is 0 Å². The first-order valence-electron chi connectivity index (χ1n) is 8.72. The number of nitrogens with zero attached hydrogens (tertiary/aromatic N) is 1. The summed E-state index contributed by atoms with van der Waals surface area (Å²) in [6.07, 6.45) is 2.89. The number of aromatic nitrogens is 1. The van der Waals surface area contributed by atoms with Gasteiger partial charge in [0.2, 0.25) is 0 Å². The second-order valence-electron chi connectivity index (χ2n) is 7.26. The van der Waals surface area contributed by atoms with Gasteiger partial charge in [0.1, 0.15) is 16.9 Å². The number of anilines is 1. The van der Waals surface area contributed by atoms with Crippen LogP contribution in [-0.2, 0) is 0 Å². The zero-order valence-corrected chi connectivity index (χ0v) is 17.3. The Balaban J connectivity index is 1.92. The number of aliphatic hydroxyl groups excluding tert-OH is 1. The van der Waals surface area contributed by atoms with Crippen molar-refractivity contribution in [2.45, 2.75) is 43.7 Å². The van der Waals surface area contributed by atoms with Crippen molar-refractivity contribution in [2.75, 3.05) is 11.9 Å². The molecule has 27 heavy (non-hydrogen) atoms. The molecule has 0 amide bonds. The van der Waals surface area contributed by atoms with Gasteiger partial charge in [0, 0.05) is 11.4 Å². The number of aliphatic hydroxyl groups is 1. The minimum absolute atomic E-state index is 0.0102. The van der Waals surface area contributed by atoms with Gasteiger partial charge in [0.15, 0.2) is 0 Å². The van der Waals surface area contributed by atoms with E-state index in [-0.39, 0.29) is 32.2 Å². The Bertz CT molecular complexity index is 971. The number of nitrogens with one attached hydrogen (secondary N) is 1. The van der Waals surface area contributed by atoms with Crippen LogP contribution in [0.1, 0.15) is 31.7 Å². The molecule has 1 aromatic carbocycles. The Morgan fingerprint density at radius 2 is 1.93 bits per heavy atom.